The van der Waals surface area contributed by atoms with Crippen LogP contribution in [0.1, 0.15) is 25.1 Å². The number of aliphatic imine (C=N–C) groups is 1. The molecule has 0 bridgehead atoms. The Morgan fingerprint density at radius 3 is 2.75 bits per heavy atom. The highest BCUT2D eigenvalue weighted by molar-refractivity contribution is 7.91. The molecule has 6 nitrogen and oxygen atoms in total. The normalized spacial score (nSPS) is 22.6. The molecule has 0 saturated heterocycles. The lowest BCUT2D eigenvalue weighted by atomic mass is 10.4. The molecule has 2 rings (SSSR count). The van der Waals surface area contributed by atoms with Gasteiger partial charge in [0.15, 0.2) is 5.96 Å². The van der Waals surface area contributed by atoms with Gasteiger partial charge in [-0.15, -0.1) is 11.3 Å². The van der Waals surface area contributed by atoms with Gasteiger partial charge in [-0.3, -0.25) is 0 Å². The highest BCUT2D eigenvalue weighted by atomic mass is 32.2. The molecule has 2 unspecified atom stereocenters. The van der Waals surface area contributed by atoms with E-state index < -0.39 is 10.0 Å². The van der Waals surface area contributed by atoms with Crippen molar-refractivity contribution < 1.29 is 8.42 Å². The Hall–Kier alpha value is -1.12. The second-order valence-corrected chi connectivity index (χ2v) is 7.88. The Bertz CT molecular complexity index is 594. The average molecular weight is 316 g/mol. The van der Waals surface area contributed by atoms with E-state index in [0.717, 1.165) is 28.7 Å². The summed E-state index contributed by atoms with van der Waals surface area (Å²) < 4.78 is 22.6. The third-order valence-electron chi connectivity index (χ3n) is 3.09. The summed E-state index contributed by atoms with van der Waals surface area (Å²) in [4.78, 5) is 5.33. The summed E-state index contributed by atoms with van der Waals surface area (Å²) in [7, 11) is -3.61. The minimum Gasteiger partial charge on any atom is -0.357 e. The predicted octanol–water partition coefficient (Wildman–Crippen LogP) is 0.859. The number of guanidine groups is 1. The lowest BCUT2D eigenvalue weighted by molar-refractivity contribution is 0.600. The number of sulfonamides is 1. The van der Waals surface area contributed by atoms with Gasteiger partial charge in [-0.1, -0.05) is 6.92 Å². The van der Waals surface area contributed by atoms with Gasteiger partial charge in [-0.2, -0.15) is 0 Å². The van der Waals surface area contributed by atoms with Gasteiger partial charge in [-0.05, 0) is 31.4 Å². The van der Waals surface area contributed by atoms with Crippen molar-refractivity contribution in [2.75, 3.05) is 6.54 Å². The van der Waals surface area contributed by atoms with E-state index in [2.05, 4.69) is 22.5 Å². The van der Waals surface area contributed by atoms with Crippen LogP contribution in [0.2, 0.25) is 0 Å². The first-order chi connectivity index (χ1) is 9.40. The van der Waals surface area contributed by atoms with E-state index in [-0.39, 0.29) is 4.21 Å². The van der Waals surface area contributed by atoms with Crippen LogP contribution in [0.5, 0.6) is 0 Å². The lowest BCUT2D eigenvalue weighted by Gasteiger charge is -2.10. The smallest absolute Gasteiger partial charge is 0.247 e. The van der Waals surface area contributed by atoms with Crippen molar-refractivity contribution in [3.05, 3.63) is 17.0 Å². The first-order valence-electron chi connectivity index (χ1n) is 6.56. The fraction of sp³-hybridized carbons (Fsp3) is 0.583. The zero-order chi connectivity index (χ0) is 14.8. The third kappa shape index (κ3) is 4.19. The van der Waals surface area contributed by atoms with Crippen LogP contribution in [0.15, 0.2) is 21.3 Å². The standard InChI is InChI=1S/C12H20N4O2S2/c1-3-14-12(16-10-6-8(10)2)15-7-9-4-5-11(19-9)20(13,17)18/h4-5,8,10H,3,6-7H2,1-2H3,(H2,13,17,18)(H2,14,15,16). The highest BCUT2D eigenvalue weighted by Gasteiger charge is 2.33. The van der Waals surface area contributed by atoms with Crippen LogP contribution in [0, 0.1) is 5.92 Å². The number of rotatable bonds is 5. The zero-order valence-corrected chi connectivity index (χ0v) is 13.2. The van der Waals surface area contributed by atoms with Crippen LogP contribution in [0.25, 0.3) is 0 Å². The fourth-order valence-corrected chi connectivity index (χ4v) is 3.48. The van der Waals surface area contributed by atoms with E-state index in [9.17, 15) is 8.42 Å². The van der Waals surface area contributed by atoms with E-state index in [1.54, 1.807) is 6.07 Å². The predicted molar refractivity (Wildman–Crippen MR) is 81.2 cm³/mol. The molecule has 0 aromatic carbocycles. The molecule has 20 heavy (non-hydrogen) atoms. The van der Waals surface area contributed by atoms with Crippen molar-refractivity contribution in [2.45, 2.75) is 37.1 Å². The second kappa shape index (κ2) is 6.11. The Labute approximate surface area is 123 Å². The van der Waals surface area contributed by atoms with Gasteiger partial charge < -0.3 is 10.6 Å². The van der Waals surface area contributed by atoms with Crippen LogP contribution in [-0.4, -0.2) is 27.0 Å². The van der Waals surface area contributed by atoms with Gasteiger partial charge in [0.1, 0.15) is 4.21 Å². The number of nitrogens with zero attached hydrogens (tertiary/aromatic N) is 1. The molecule has 2 atom stereocenters. The number of hydrogen-bond acceptors (Lipinski definition) is 4. The molecule has 1 aliphatic rings. The molecular formula is C12H20N4O2S2. The van der Waals surface area contributed by atoms with Crippen molar-refractivity contribution in [3.63, 3.8) is 0 Å². The molecular weight excluding hydrogens is 296 g/mol. The Balaban J connectivity index is 1.99. The molecule has 1 fully saturated rings. The van der Waals surface area contributed by atoms with Gasteiger partial charge in [-0.25, -0.2) is 18.5 Å². The molecule has 1 heterocycles. The summed E-state index contributed by atoms with van der Waals surface area (Å²) >= 11 is 1.16. The number of primary sulfonamides is 1. The van der Waals surface area contributed by atoms with Crippen molar-refractivity contribution >= 4 is 27.3 Å². The SMILES string of the molecule is CCNC(=NCc1ccc(S(N)(=O)=O)s1)NC1CC1C. The van der Waals surface area contributed by atoms with Gasteiger partial charge >= 0.3 is 0 Å². The van der Waals surface area contributed by atoms with Crippen LogP contribution < -0.4 is 15.8 Å². The maximum atomic E-state index is 11.2. The summed E-state index contributed by atoms with van der Waals surface area (Å²) in [5.74, 6) is 1.46. The van der Waals surface area contributed by atoms with Crippen LogP contribution in [0.4, 0.5) is 0 Å². The minimum atomic E-state index is -3.61. The van der Waals surface area contributed by atoms with Crippen LogP contribution in [0.3, 0.4) is 0 Å². The highest BCUT2D eigenvalue weighted by Crippen LogP contribution is 2.28. The fourth-order valence-electron chi connectivity index (χ4n) is 1.77. The minimum absolute atomic E-state index is 0.177. The second-order valence-electron chi connectivity index (χ2n) is 4.92. The van der Waals surface area contributed by atoms with E-state index in [0.29, 0.717) is 18.5 Å². The molecule has 1 aliphatic carbocycles. The molecule has 8 heteroatoms. The number of thiophene rings is 1. The van der Waals surface area contributed by atoms with Crippen molar-refractivity contribution in [1.82, 2.24) is 10.6 Å². The maximum absolute atomic E-state index is 11.2. The number of nitrogens with two attached hydrogens (primary N) is 1. The van der Waals surface area contributed by atoms with Gasteiger partial charge in [0.25, 0.3) is 0 Å². The van der Waals surface area contributed by atoms with Crippen molar-refractivity contribution in [2.24, 2.45) is 16.0 Å². The van der Waals surface area contributed by atoms with Crippen molar-refractivity contribution in [1.29, 1.82) is 0 Å². The molecule has 0 amide bonds. The Morgan fingerprint density at radius 2 is 2.25 bits per heavy atom. The molecule has 4 N–H and O–H groups in total. The monoisotopic (exact) mass is 316 g/mol. The molecule has 0 spiro atoms. The summed E-state index contributed by atoms with van der Waals surface area (Å²) in [6.07, 6.45) is 1.17. The van der Waals surface area contributed by atoms with Gasteiger partial charge in [0.2, 0.25) is 10.0 Å². The Morgan fingerprint density at radius 1 is 1.55 bits per heavy atom. The number of nitrogens with one attached hydrogen (secondary N) is 2. The number of hydrogen-bond donors (Lipinski definition) is 3. The average Bonchev–Trinajstić information content (AvgIpc) is 2.88. The first-order valence-corrected chi connectivity index (χ1v) is 8.92. The van der Waals surface area contributed by atoms with E-state index in [4.69, 9.17) is 5.14 Å². The molecule has 112 valence electrons. The first kappa shape index (κ1) is 15.3. The summed E-state index contributed by atoms with van der Waals surface area (Å²) in [6.45, 7) is 5.44. The lowest BCUT2D eigenvalue weighted by Crippen LogP contribution is -2.39. The van der Waals surface area contributed by atoms with Gasteiger partial charge in [0, 0.05) is 17.5 Å². The largest absolute Gasteiger partial charge is 0.357 e. The summed E-state index contributed by atoms with van der Waals surface area (Å²) in [6, 6.07) is 3.77. The maximum Gasteiger partial charge on any atom is 0.247 e. The summed E-state index contributed by atoms with van der Waals surface area (Å²) in [5, 5.41) is 11.6. The quantitative estimate of drug-likeness (QED) is 0.554. The molecule has 1 saturated carbocycles. The molecule has 1 aromatic rings. The van der Waals surface area contributed by atoms with E-state index >= 15 is 0 Å². The van der Waals surface area contributed by atoms with E-state index in [1.807, 2.05) is 6.92 Å². The van der Waals surface area contributed by atoms with Crippen LogP contribution >= 0.6 is 11.3 Å². The molecule has 0 aliphatic heterocycles. The topological polar surface area (TPSA) is 96.6 Å². The van der Waals surface area contributed by atoms with Crippen molar-refractivity contribution in [3.8, 4) is 0 Å². The zero-order valence-electron chi connectivity index (χ0n) is 11.6. The van der Waals surface area contributed by atoms with Crippen LogP contribution in [-0.2, 0) is 16.6 Å². The van der Waals surface area contributed by atoms with Gasteiger partial charge in [0.05, 0.1) is 6.54 Å². The van der Waals surface area contributed by atoms with E-state index in [1.165, 1.54) is 12.5 Å². The Kier molecular flexibility index (Phi) is 4.66. The third-order valence-corrected chi connectivity index (χ3v) is 5.59. The summed E-state index contributed by atoms with van der Waals surface area (Å²) in [5.41, 5.74) is 0. The molecule has 0 radical (unpaired) electrons. The molecule has 1 aromatic heterocycles.